The molecule has 1 fully saturated rings. The molecule has 0 atom stereocenters. The minimum atomic E-state index is 0.513. The van der Waals surface area contributed by atoms with Gasteiger partial charge < -0.3 is 5.32 Å². The van der Waals surface area contributed by atoms with E-state index in [0.717, 1.165) is 28.8 Å². The zero-order valence-electron chi connectivity index (χ0n) is 10.8. The predicted octanol–water partition coefficient (Wildman–Crippen LogP) is 2.13. The molecule has 2 heterocycles. The molecule has 0 bridgehead atoms. The first-order valence-corrected chi connectivity index (χ1v) is 7.45. The average molecular weight is 276 g/mol. The fraction of sp³-hybridized carbons (Fsp3) is 0.500. The van der Waals surface area contributed by atoms with Gasteiger partial charge in [-0.05, 0) is 42.3 Å². The van der Waals surface area contributed by atoms with Crippen LogP contribution < -0.4 is 5.32 Å². The van der Waals surface area contributed by atoms with E-state index in [1.165, 1.54) is 12.8 Å². The highest BCUT2D eigenvalue weighted by Gasteiger charge is 2.27. The summed E-state index contributed by atoms with van der Waals surface area (Å²) in [7, 11) is 0. The summed E-state index contributed by atoms with van der Waals surface area (Å²) in [5, 5.41) is 16.0. The summed E-state index contributed by atoms with van der Waals surface area (Å²) in [6.07, 6.45) is 4.21. The molecular weight excluding hydrogens is 260 g/mol. The van der Waals surface area contributed by atoms with Crippen LogP contribution in [0.15, 0.2) is 23.5 Å². The van der Waals surface area contributed by atoms with E-state index in [4.69, 9.17) is 0 Å². The van der Waals surface area contributed by atoms with Crippen molar-refractivity contribution < 1.29 is 0 Å². The van der Waals surface area contributed by atoms with Crippen LogP contribution in [0.5, 0.6) is 0 Å². The third kappa shape index (κ3) is 3.04. The third-order valence-electron chi connectivity index (χ3n) is 2.90. The Morgan fingerprint density at radius 3 is 3.16 bits per heavy atom. The SMILES string of the molecule is CCNc1ccnc(CSc2nnnn2C2CC2)c1. The molecule has 3 rings (SSSR count). The molecule has 0 amide bonds. The van der Waals surface area contributed by atoms with Crippen LogP contribution in [0.25, 0.3) is 0 Å². The Labute approximate surface area is 116 Å². The maximum absolute atomic E-state index is 4.37. The Morgan fingerprint density at radius 1 is 1.47 bits per heavy atom. The second kappa shape index (κ2) is 5.56. The van der Waals surface area contributed by atoms with Crippen molar-refractivity contribution in [1.29, 1.82) is 0 Å². The monoisotopic (exact) mass is 276 g/mol. The average Bonchev–Trinajstić information content (AvgIpc) is 3.16. The molecule has 100 valence electrons. The molecule has 1 N–H and O–H groups in total. The van der Waals surface area contributed by atoms with Crippen molar-refractivity contribution >= 4 is 17.4 Å². The fourth-order valence-corrected chi connectivity index (χ4v) is 2.69. The van der Waals surface area contributed by atoms with Gasteiger partial charge >= 0.3 is 0 Å². The number of tetrazole rings is 1. The lowest BCUT2D eigenvalue weighted by atomic mass is 10.3. The van der Waals surface area contributed by atoms with E-state index in [9.17, 15) is 0 Å². The molecule has 2 aromatic heterocycles. The molecule has 0 unspecified atom stereocenters. The lowest BCUT2D eigenvalue weighted by molar-refractivity contribution is 0.565. The highest BCUT2D eigenvalue weighted by Crippen LogP contribution is 2.36. The normalized spacial score (nSPS) is 14.6. The van der Waals surface area contributed by atoms with Gasteiger partial charge in [-0.3, -0.25) is 4.98 Å². The lowest BCUT2D eigenvalue weighted by Crippen LogP contribution is -2.00. The molecular formula is C12H16N6S. The first-order chi connectivity index (χ1) is 9.36. The Hall–Kier alpha value is -1.63. The number of pyridine rings is 1. The van der Waals surface area contributed by atoms with E-state index < -0.39 is 0 Å². The maximum Gasteiger partial charge on any atom is 0.209 e. The summed E-state index contributed by atoms with van der Waals surface area (Å²) >= 11 is 1.64. The second-order valence-corrected chi connectivity index (χ2v) is 5.43. The summed E-state index contributed by atoms with van der Waals surface area (Å²) in [4.78, 5) is 4.37. The lowest BCUT2D eigenvalue weighted by Gasteiger charge is -2.05. The molecule has 0 radical (unpaired) electrons. The number of nitrogens with zero attached hydrogens (tertiary/aromatic N) is 5. The van der Waals surface area contributed by atoms with E-state index >= 15 is 0 Å². The van der Waals surface area contributed by atoms with Crippen LogP contribution in [-0.2, 0) is 5.75 Å². The number of rotatable bonds is 6. The zero-order chi connectivity index (χ0) is 13.1. The highest BCUT2D eigenvalue weighted by molar-refractivity contribution is 7.98. The van der Waals surface area contributed by atoms with Gasteiger partial charge in [0.15, 0.2) is 0 Å². The summed E-state index contributed by atoms with van der Waals surface area (Å²) in [6.45, 7) is 3.00. The van der Waals surface area contributed by atoms with Crippen molar-refractivity contribution in [3.05, 3.63) is 24.0 Å². The summed E-state index contributed by atoms with van der Waals surface area (Å²) < 4.78 is 1.93. The van der Waals surface area contributed by atoms with Crippen molar-refractivity contribution in [2.45, 2.75) is 36.7 Å². The van der Waals surface area contributed by atoms with Gasteiger partial charge in [0.05, 0.1) is 11.7 Å². The first kappa shape index (κ1) is 12.4. The van der Waals surface area contributed by atoms with Gasteiger partial charge in [-0.15, -0.1) is 5.10 Å². The molecule has 0 spiro atoms. The van der Waals surface area contributed by atoms with Crippen LogP contribution in [0.3, 0.4) is 0 Å². The van der Waals surface area contributed by atoms with Crippen LogP contribution in [0.4, 0.5) is 5.69 Å². The van der Waals surface area contributed by atoms with Crippen LogP contribution in [0, 0.1) is 0 Å². The van der Waals surface area contributed by atoms with Gasteiger partial charge in [-0.1, -0.05) is 11.8 Å². The molecule has 7 heteroatoms. The Balaban J connectivity index is 1.65. The minimum Gasteiger partial charge on any atom is -0.385 e. The number of thioether (sulfide) groups is 1. The van der Waals surface area contributed by atoms with Crippen molar-refractivity contribution in [1.82, 2.24) is 25.2 Å². The minimum absolute atomic E-state index is 0.513. The molecule has 2 aromatic rings. The largest absolute Gasteiger partial charge is 0.385 e. The second-order valence-electron chi connectivity index (χ2n) is 4.49. The van der Waals surface area contributed by atoms with Crippen LogP contribution >= 0.6 is 11.8 Å². The van der Waals surface area contributed by atoms with Crippen LogP contribution in [0.1, 0.15) is 31.5 Å². The van der Waals surface area contributed by atoms with Gasteiger partial charge in [0.25, 0.3) is 0 Å². The molecule has 1 aliphatic carbocycles. The molecule has 6 nitrogen and oxygen atoms in total. The summed E-state index contributed by atoms with van der Waals surface area (Å²) in [5.41, 5.74) is 2.14. The standard InChI is InChI=1S/C12H16N6S/c1-2-13-9-5-6-14-10(7-9)8-19-12-15-16-17-18(12)11-3-4-11/h5-7,11H,2-4,8H2,1H3,(H,13,14). The van der Waals surface area contributed by atoms with Crippen molar-refractivity contribution in [3.63, 3.8) is 0 Å². The number of hydrogen-bond acceptors (Lipinski definition) is 6. The van der Waals surface area contributed by atoms with Gasteiger partial charge in [-0.2, -0.15) is 0 Å². The third-order valence-corrected chi connectivity index (χ3v) is 3.87. The number of hydrogen-bond donors (Lipinski definition) is 1. The predicted molar refractivity (Wildman–Crippen MR) is 74.0 cm³/mol. The quantitative estimate of drug-likeness (QED) is 0.815. The smallest absolute Gasteiger partial charge is 0.209 e. The molecule has 0 saturated heterocycles. The van der Waals surface area contributed by atoms with Gasteiger partial charge in [-0.25, -0.2) is 4.68 Å². The number of anilines is 1. The van der Waals surface area contributed by atoms with Gasteiger partial charge in [0, 0.05) is 24.2 Å². The number of nitrogens with one attached hydrogen (secondary N) is 1. The molecule has 1 aliphatic rings. The van der Waals surface area contributed by atoms with E-state index in [1.807, 2.05) is 16.9 Å². The van der Waals surface area contributed by atoms with E-state index in [0.29, 0.717) is 6.04 Å². The Bertz CT molecular complexity index is 551. The van der Waals surface area contributed by atoms with Crippen molar-refractivity contribution in [2.75, 3.05) is 11.9 Å². The van der Waals surface area contributed by atoms with Crippen molar-refractivity contribution in [2.24, 2.45) is 0 Å². The fourth-order valence-electron chi connectivity index (χ4n) is 1.84. The Kier molecular flexibility index (Phi) is 3.63. The Morgan fingerprint density at radius 2 is 2.37 bits per heavy atom. The molecule has 1 saturated carbocycles. The summed E-state index contributed by atoms with van der Waals surface area (Å²) in [6, 6.07) is 4.56. The summed E-state index contributed by atoms with van der Waals surface area (Å²) in [5.74, 6) is 0.784. The molecule has 0 aliphatic heterocycles. The van der Waals surface area contributed by atoms with E-state index in [1.54, 1.807) is 11.8 Å². The first-order valence-electron chi connectivity index (χ1n) is 6.46. The molecule has 19 heavy (non-hydrogen) atoms. The van der Waals surface area contributed by atoms with Crippen LogP contribution in [-0.4, -0.2) is 31.7 Å². The van der Waals surface area contributed by atoms with E-state index in [-0.39, 0.29) is 0 Å². The van der Waals surface area contributed by atoms with E-state index in [2.05, 4.69) is 38.8 Å². The maximum atomic E-state index is 4.37. The highest BCUT2D eigenvalue weighted by atomic mass is 32.2. The van der Waals surface area contributed by atoms with Crippen molar-refractivity contribution in [3.8, 4) is 0 Å². The molecule has 0 aromatic carbocycles. The van der Waals surface area contributed by atoms with Gasteiger partial charge in [0.2, 0.25) is 5.16 Å². The topological polar surface area (TPSA) is 68.5 Å². The number of aromatic nitrogens is 5. The van der Waals surface area contributed by atoms with Gasteiger partial charge in [0.1, 0.15) is 0 Å². The van der Waals surface area contributed by atoms with Crippen LogP contribution in [0.2, 0.25) is 0 Å². The zero-order valence-corrected chi connectivity index (χ0v) is 11.6.